The second-order valence-electron chi connectivity index (χ2n) is 6.09. The Morgan fingerprint density at radius 2 is 1.96 bits per heavy atom. The number of phenols is 1. The molecule has 0 bridgehead atoms. The molecule has 0 fully saturated rings. The predicted octanol–water partition coefficient (Wildman–Crippen LogP) is 3.75. The first kappa shape index (κ1) is 16.8. The number of phenolic OH excluding ortho intramolecular Hbond substituents is 1. The number of hydrogen-bond donors (Lipinski definition) is 2. The van der Waals surface area contributed by atoms with Crippen molar-refractivity contribution >= 4 is 5.91 Å². The number of rotatable bonds is 5. The van der Waals surface area contributed by atoms with Crippen LogP contribution in [0, 0.1) is 13.8 Å². The average Bonchev–Trinajstić information content (AvgIpc) is 2.91. The third kappa shape index (κ3) is 3.55. The van der Waals surface area contributed by atoms with Crippen LogP contribution >= 0.6 is 0 Å². The molecule has 0 aliphatic heterocycles. The molecule has 5 nitrogen and oxygen atoms in total. The summed E-state index contributed by atoms with van der Waals surface area (Å²) in [7, 11) is 0. The molecule has 3 rings (SSSR count). The van der Waals surface area contributed by atoms with Gasteiger partial charge in [-0.1, -0.05) is 35.5 Å². The van der Waals surface area contributed by atoms with Gasteiger partial charge in [-0.3, -0.25) is 4.79 Å². The highest BCUT2D eigenvalue weighted by molar-refractivity contribution is 5.78. The van der Waals surface area contributed by atoms with Gasteiger partial charge < -0.3 is 15.4 Å². The molecule has 0 saturated heterocycles. The summed E-state index contributed by atoms with van der Waals surface area (Å²) in [5.74, 6) is 0.612. The van der Waals surface area contributed by atoms with E-state index < -0.39 is 0 Å². The Kier molecular flexibility index (Phi) is 4.57. The van der Waals surface area contributed by atoms with E-state index in [1.807, 2.05) is 38.1 Å². The first-order valence-electron chi connectivity index (χ1n) is 8.09. The average molecular weight is 336 g/mol. The molecule has 0 radical (unpaired) electrons. The molecule has 3 aromatic rings. The number of nitrogens with zero attached hydrogens (tertiary/aromatic N) is 1. The van der Waals surface area contributed by atoms with Crippen LogP contribution in [0.5, 0.6) is 5.75 Å². The van der Waals surface area contributed by atoms with Gasteiger partial charge in [0, 0.05) is 12.0 Å². The molecule has 0 aliphatic rings. The number of benzene rings is 2. The summed E-state index contributed by atoms with van der Waals surface area (Å²) in [6.07, 6.45) is 0.786. The van der Waals surface area contributed by atoms with E-state index in [2.05, 4.69) is 5.16 Å². The van der Waals surface area contributed by atoms with Crippen LogP contribution in [0.15, 0.2) is 47.0 Å². The van der Waals surface area contributed by atoms with Crippen LogP contribution in [0.25, 0.3) is 22.3 Å². The van der Waals surface area contributed by atoms with E-state index in [4.69, 9.17) is 10.3 Å². The molecule has 5 heteroatoms. The molecule has 3 N–H and O–H groups in total. The molecule has 0 atom stereocenters. The predicted molar refractivity (Wildman–Crippen MR) is 96.0 cm³/mol. The minimum Gasteiger partial charge on any atom is -0.508 e. The second kappa shape index (κ2) is 6.81. The molecule has 2 aromatic carbocycles. The van der Waals surface area contributed by atoms with Crippen molar-refractivity contribution in [2.75, 3.05) is 0 Å². The Hall–Kier alpha value is -3.08. The van der Waals surface area contributed by atoms with Crippen LogP contribution in [-0.2, 0) is 11.2 Å². The largest absolute Gasteiger partial charge is 0.508 e. The third-order valence-corrected chi connectivity index (χ3v) is 4.23. The van der Waals surface area contributed by atoms with Crippen LogP contribution in [0.2, 0.25) is 0 Å². The lowest BCUT2D eigenvalue weighted by molar-refractivity contribution is -0.117. The van der Waals surface area contributed by atoms with Crippen molar-refractivity contribution < 1.29 is 14.4 Å². The maximum absolute atomic E-state index is 11.3. The molecule has 1 aromatic heterocycles. The van der Waals surface area contributed by atoms with Gasteiger partial charge in [0.25, 0.3) is 0 Å². The van der Waals surface area contributed by atoms with E-state index in [0.29, 0.717) is 6.42 Å². The van der Waals surface area contributed by atoms with Crippen LogP contribution in [0.1, 0.15) is 23.4 Å². The second-order valence-corrected chi connectivity index (χ2v) is 6.09. The molecule has 25 heavy (non-hydrogen) atoms. The molecule has 1 amide bonds. The van der Waals surface area contributed by atoms with Crippen molar-refractivity contribution in [1.82, 2.24) is 5.16 Å². The van der Waals surface area contributed by atoms with Gasteiger partial charge in [0.1, 0.15) is 11.5 Å². The number of carbonyl (C=O) groups is 1. The number of primary amides is 1. The van der Waals surface area contributed by atoms with E-state index in [-0.39, 0.29) is 18.1 Å². The van der Waals surface area contributed by atoms with Crippen LogP contribution in [0.4, 0.5) is 0 Å². The van der Waals surface area contributed by atoms with Gasteiger partial charge in [0.05, 0.1) is 5.69 Å². The molecule has 0 spiro atoms. The van der Waals surface area contributed by atoms with Crippen molar-refractivity contribution in [1.29, 1.82) is 0 Å². The topological polar surface area (TPSA) is 89.3 Å². The van der Waals surface area contributed by atoms with Gasteiger partial charge >= 0.3 is 0 Å². The number of amides is 1. The maximum Gasteiger partial charge on any atom is 0.217 e. The van der Waals surface area contributed by atoms with Crippen molar-refractivity contribution in [3.8, 4) is 28.0 Å². The molecule has 1 heterocycles. The molecule has 0 saturated carbocycles. The summed E-state index contributed by atoms with van der Waals surface area (Å²) in [6.45, 7) is 3.78. The highest BCUT2D eigenvalue weighted by Gasteiger charge is 2.15. The van der Waals surface area contributed by atoms with Gasteiger partial charge in [-0.15, -0.1) is 0 Å². The molecular formula is C20H20N2O3. The number of hydrogen-bond acceptors (Lipinski definition) is 4. The summed E-state index contributed by atoms with van der Waals surface area (Å²) in [5.41, 5.74) is 10.9. The van der Waals surface area contributed by atoms with Crippen molar-refractivity contribution in [2.24, 2.45) is 5.73 Å². The Balaban J connectivity index is 2.11. The first-order valence-corrected chi connectivity index (χ1v) is 8.09. The summed E-state index contributed by atoms with van der Waals surface area (Å²) in [6, 6.07) is 13.1. The van der Waals surface area contributed by atoms with E-state index in [1.165, 1.54) is 0 Å². The van der Waals surface area contributed by atoms with Gasteiger partial charge in [0.2, 0.25) is 5.91 Å². The maximum atomic E-state index is 11.3. The Bertz CT molecular complexity index is 909. The van der Waals surface area contributed by atoms with Gasteiger partial charge in [-0.05, 0) is 54.7 Å². The van der Waals surface area contributed by atoms with E-state index in [1.54, 1.807) is 18.2 Å². The molecule has 0 unspecified atom stereocenters. The minimum absolute atomic E-state index is 0.202. The van der Waals surface area contributed by atoms with Crippen molar-refractivity contribution in [2.45, 2.75) is 26.7 Å². The number of carbonyl (C=O) groups excluding carboxylic acids is 1. The number of aryl methyl sites for hydroxylation is 3. The number of aromatic nitrogens is 1. The highest BCUT2D eigenvalue weighted by Crippen LogP contribution is 2.33. The van der Waals surface area contributed by atoms with Crippen molar-refractivity contribution in [3.05, 3.63) is 59.5 Å². The normalized spacial score (nSPS) is 10.8. The highest BCUT2D eigenvalue weighted by atomic mass is 16.5. The first-order chi connectivity index (χ1) is 12.0. The zero-order valence-corrected chi connectivity index (χ0v) is 14.2. The number of aromatic hydroxyl groups is 1. The standard InChI is InChI=1S/C20H20N2O3/c1-12-20(13(2)25-22-12)16-6-8-18(14-4-3-5-17(23)11-14)15(10-16)7-9-19(21)24/h3-6,8,10-11,23H,7,9H2,1-2H3,(H2,21,24). The summed E-state index contributed by atoms with van der Waals surface area (Å²) < 4.78 is 5.26. The lowest BCUT2D eigenvalue weighted by atomic mass is 9.92. The van der Waals surface area contributed by atoms with E-state index in [9.17, 15) is 9.90 Å². The van der Waals surface area contributed by atoms with Crippen LogP contribution in [-0.4, -0.2) is 16.2 Å². The summed E-state index contributed by atoms with van der Waals surface area (Å²) >= 11 is 0. The van der Waals surface area contributed by atoms with Crippen LogP contribution in [0.3, 0.4) is 0 Å². The quantitative estimate of drug-likeness (QED) is 0.742. The molecule has 0 aliphatic carbocycles. The van der Waals surface area contributed by atoms with Crippen LogP contribution < -0.4 is 5.73 Å². The third-order valence-electron chi connectivity index (χ3n) is 4.23. The van der Waals surface area contributed by atoms with E-state index >= 15 is 0 Å². The lowest BCUT2D eigenvalue weighted by Gasteiger charge is -2.12. The zero-order valence-electron chi connectivity index (χ0n) is 14.2. The molecule has 128 valence electrons. The van der Waals surface area contributed by atoms with Gasteiger partial charge in [0.15, 0.2) is 0 Å². The zero-order chi connectivity index (χ0) is 18.0. The monoisotopic (exact) mass is 336 g/mol. The lowest BCUT2D eigenvalue weighted by Crippen LogP contribution is -2.11. The molecular weight excluding hydrogens is 316 g/mol. The Labute approximate surface area is 146 Å². The van der Waals surface area contributed by atoms with E-state index in [0.717, 1.165) is 39.3 Å². The Morgan fingerprint density at radius 1 is 1.16 bits per heavy atom. The summed E-state index contributed by atoms with van der Waals surface area (Å²) in [5, 5.41) is 13.8. The smallest absolute Gasteiger partial charge is 0.217 e. The Morgan fingerprint density at radius 3 is 2.60 bits per heavy atom. The fraction of sp³-hybridized carbons (Fsp3) is 0.200. The SMILES string of the molecule is Cc1noc(C)c1-c1ccc(-c2cccc(O)c2)c(CCC(N)=O)c1. The fourth-order valence-electron chi connectivity index (χ4n) is 3.06. The van der Waals surface area contributed by atoms with Crippen molar-refractivity contribution in [3.63, 3.8) is 0 Å². The number of nitrogens with two attached hydrogens (primary N) is 1. The summed E-state index contributed by atoms with van der Waals surface area (Å²) in [4.78, 5) is 11.3. The minimum atomic E-state index is -0.343. The fourth-order valence-corrected chi connectivity index (χ4v) is 3.06. The van der Waals surface area contributed by atoms with Gasteiger partial charge in [-0.2, -0.15) is 0 Å². The van der Waals surface area contributed by atoms with Gasteiger partial charge in [-0.25, -0.2) is 0 Å².